The largest absolute Gasteiger partial charge is 0.375 e. The first-order chi connectivity index (χ1) is 7.63. The Hall–Kier alpha value is -1.49. The number of hydrogen-bond donors (Lipinski definition) is 1. The number of ether oxygens (including phenoxy) is 1. The molecular formula is C11H13F2NO2. The molecule has 1 amide bonds. The SMILES string of the molecule is COCC(=O)NCCc1ccc(F)cc1F. The highest BCUT2D eigenvalue weighted by atomic mass is 19.1. The second-order valence-corrected chi connectivity index (χ2v) is 3.27. The molecule has 3 nitrogen and oxygen atoms in total. The molecule has 0 spiro atoms. The molecule has 1 N–H and O–H groups in total. The average molecular weight is 229 g/mol. The predicted molar refractivity (Wildman–Crippen MR) is 54.9 cm³/mol. The summed E-state index contributed by atoms with van der Waals surface area (Å²) in [6.07, 6.45) is 0.321. The van der Waals surface area contributed by atoms with Crippen LogP contribution in [-0.4, -0.2) is 26.2 Å². The van der Waals surface area contributed by atoms with Crippen molar-refractivity contribution < 1.29 is 18.3 Å². The molecule has 0 aliphatic rings. The molecule has 0 aromatic heterocycles. The summed E-state index contributed by atoms with van der Waals surface area (Å²) < 4.78 is 30.3. The highest BCUT2D eigenvalue weighted by molar-refractivity contribution is 5.77. The summed E-state index contributed by atoms with van der Waals surface area (Å²) in [6, 6.07) is 3.38. The Morgan fingerprint density at radius 2 is 2.19 bits per heavy atom. The van der Waals surface area contributed by atoms with Gasteiger partial charge in [0.25, 0.3) is 0 Å². The molecule has 0 saturated carbocycles. The van der Waals surface area contributed by atoms with Crippen molar-refractivity contribution in [2.24, 2.45) is 0 Å². The second kappa shape index (κ2) is 6.17. The lowest BCUT2D eigenvalue weighted by Crippen LogP contribution is -2.29. The smallest absolute Gasteiger partial charge is 0.245 e. The molecule has 16 heavy (non-hydrogen) atoms. The molecule has 0 bridgehead atoms. The van der Waals surface area contributed by atoms with Crippen LogP contribution < -0.4 is 5.32 Å². The Bertz CT molecular complexity index is 369. The van der Waals surface area contributed by atoms with E-state index in [9.17, 15) is 13.6 Å². The lowest BCUT2D eigenvalue weighted by molar-refractivity contribution is -0.124. The van der Waals surface area contributed by atoms with E-state index >= 15 is 0 Å². The van der Waals surface area contributed by atoms with Crippen molar-refractivity contribution in [1.29, 1.82) is 0 Å². The standard InChI is InChI=1S/C11H13F2NO2/c1-16-7-11(15)14-5-4-8-2-3-9(12)6-10(8)13/h2-3,6H,4-5,7H2,1H3,(H,14,15). The van der Waals surface area contributed by atoms with Crippen molar-refractivity contribution in [3.8, 4) is 0 Å². The van der Waals surface area contributed by atoms with E-state index in [4.69, 9.17) is 0 Å². The summed E-state index contributed by atoms with van der Waals surface area (Å²) in [5.74, 6) is -1.46. The van der Waals surface area contributed by atoms with Gasteiger partial charge in [0.05, 0.1) is 0 Å². The monoisotopic (exact) mass is 229 g/mol. The Labute approximate surface area is 92.4 Å². The molecule has 88 valence electrons. The fraction of sp³-hybridized carbons (Fsp3) is 0.364. The number of methoxy groups -OCH3 is 1. The van der Waals surface area contributed by atoms with Crippen molar-refractivity contribution in [3.63, 3.8) is 0 Å². The number of carbonyl (C=O) groups excluding carboxylic acids is 1. The Balaban J connectivity index is 2.40. The lowest BCUT2D eigenvalue weighted by Gasteiger charge is -2.05. The maximum atomic E-state index is 13.1. The maximum Gasteiger partial charge on any atom is 0.245 e. The normalized spacial score (nSPS) is 10.2. The van der Waals surface area contributed by atoms with Crippen molar-refractivity contribution in [1.82, 2.24) is 5.32 Å². The van der Waals surface area contributed by atoms with Crippen LogP contribution in [0.3, 0.4) is 0 Å². The van der Waals surface area contributed by atoms with Crippen LogP contribution in [0.15, 0.2) is 18.2 Å². The van der Waals surface area contributed by atoms with E-state index in [-0.39, 0.29) is 12.5 Å². The fourth-order valence-electron chi connectivity index (χ4n) is 1.24. The van der Waals surface area contributed by atoms with Crippen LogP contribution in [0.1, 0.15) is 5.56 Å². The van der Waals surface area contributed by atoms with Gasteiger partial charge in [-0.05, 0) is 18.1 Å². The van der Waals surface area contributed by atoms with Crippen LogP contribution in [0.5, 0.6) is 0 Å². The molecular weight excluding hydrogens is 216 g/mol. The van der Waals surface area contributed by atoms with Gasteiger partial charge in [0.2, 0.25) is 5.91 Å². The molecule has 0 fully saturated rings. The number of halogens is 2. The minimum atomic E-state index is -0.607. The van der Waals surface area contributed by atoms with Gasteiger partial charge in [-0.2, -0.15) is 0 Å². The van der Waals surface area contributed by atoms with Crippen LogP contribution in [0.2, 0.25) is 0 Å². The van der Waals surface area contributed by atoms with Gasteiger partial charge >= 0.3 is 0 Å². The molecule has 0 radical (unpaired) electrons. The summed E-state index contributed by atoms with van der Waals surface area (Å²) in [5.41, 5.74) is 0.374. The molecule has 0 unspecified atom stereocenters. The van der Waals surface area contributed by atoms with Crippen molar-refractivity contribution >= 4 is 5.91 Å². The lowest BCUT2D eigenvalue weighted by atomic mass is 10.1. The van der Waals surface area contributed by atoms with Crippen LogP contribution in [0.4, 0.5) is 8.78 Å². The third kappa shape index (κ3) is 3.94. The Morgan fingerprint density at radius 1 is 1.44 bits per heavy atom. The van der Waals surface area contributed by atoms with Crippen LogP contribution >= 0.6 is 0 Å². The number of benzene rings is 1. The second-order valence-electron chi connectivity index (χ2n) is 3.27. The van der Waals surface area contributed by atoms with E-state index in [1.807, 2.05) is 0 Å². The van der Waals surface area contributed by atoms with Gasteiger partial charge in [0.1, 0.15) is 18.2 Å². The van der Waals surface area contributed by atoms with E-state index in [1.54, 1.807) is 0 Å². The van der Waals surface area contributed by atoms with E-state index in [0.717, 1.165) is 6.07 Å². The van der Waals surface area contributed by atoms with Gasteiger partial charge in [-0.15, -0.1) is 0 Å². The van der Waals surface area contributed by atoms with Gasteiger partial charge in [0.15, 0.2) is 0 Å². The third-order valence-electron chi connectivity index (χ3n) is 2.01. The Kier molecular flexibility index (Phi) is 4.85. The van der Waals surface area contributed by atoms with Gasteiger partial charge in [-0.25, -0.2) is 8.78 Å². The molecule has 1 rings (SSSR count). The molecule has 1 aromatic rings. The molecule has 0 aliphatic carbocycles. The summed E-state index contributed by atoms with van der Waals surface area (Å²) in [6.45, 7) is 0.274. The van der Waals surface area contributed by atoms with E-state index < -0.39 is 11.6 Å². The minimum Gasteiger partial charge on any atom is -0.375 e. The topological polar surface area (TPSA) is 38.3 Å². The highest BCUT2D eigenvalue weighted by Crippen LogP contribution is 2.09. The molecule has 0 saturated heterocycles. The van der Waals surface area contributed by atoms with Crippen LogP contribution in [-0.2, 0) is 16.0 Å². The zero-order valence-corrected chi connectivity index (χ0v) is 8.93. The van der Waals surface area contributed by atoms with Crippen molar-refractivity contribution in [2.45, 2.75) is 6.42 Å². The first-order valence-electron chi connectivity index (χ1n) is 4.83. The van der Waals surface area contributed by atoms with Gasteiger partial charge < -0.3 is 10.1 Å². The fourth-order valence-corrected chi connectivity index (χ4v) is 1.24. The van der Waals surface area contributed by atoms with Crippen molar-refractivity contribution in [3.05, 3.63) is 35.4 Å². The first kappa shape index (κ1) is 12.6. The molecule has 5 heteroatoms. The molecule has 0 atom stereocenters. The molecule has 1 aromatic carbocycles. The van der Waals surface area contributed by atoms with E-state index in [1.165, 1.54) is 19.2 Å². The summed E-state index contributed by atoms with van der Waals surface area (Å²) in [7, 11) is 1.42. The van der Waals surface area contributed by atoms with E-state index in [0.29, 0.717) is 18.5 Å². The van der Waals surface area contributed by atoms with Crippen LogP contribution in [0, 0.1) is 11.6 Å². The number of rotatable bonds is 5. The number of hydrogen-bond acceptors (Lipinski definition) is 2. The molecule has 0 aliphatic heterocycles. The Morgan fingerprint density at radius 3 is 2.81 bits per heavy atom. The summed E-state index contributed by atoms with van der Waals surface area (Å²) in [4.78, 5) is 11.0. The van der Waals surface area contributed by atoms with Crippen LogP contribution in [0.25, 0.3) is 0 Å². The summed E-state index contributed by atoms with van der Waals surface area (Å²) in [5, 5.41) is 2.55. The van der Waals surface area contributed by atoms with Crippen molar-refractivity contribution in [2.75, 3.05) is 20.3 Å². The van der Waals surface area contributed by atoms with E-state index in [2.05, 4.69) is 10.1 Å². The van der Waals surface area contributed by atoms with Gasteiger partial charge in [-0.3, -0.25) is 4.79 Å². The van der Waals surface area contributed by atoms with Gasteiger partial charge in [0, 0.05) is 19.7 Å². The zero-order valence-electron chi connectivity index (χ0n) is 8.93. The highest BCUT2D eigenvalue weighted by Gasteiger charge is 2.04. The predicted octanol–water partition coefficient (Wildman–Crippen LogP) is 1.27. The number of nitrogens with one attached hydrogen (secondary N) is 1. The minimum absolute atomic E-state index is 0.0219. The molecule has 0 heterocycles. The number of carbonyl (C=O) groups is 1. The maximum absolute atomic E-state index is 13.1. The first-order valence-corrected chi connectivity index (χ1v) is 4.83. The third-order valence-corrected chi connectivity index (χ3v) is 2.01. The summed E-state index contributed by atoms with van der Waals surface area (Å²) >= 11 is 0. The average Bonchev–Trinajstić information content (AvgIpc) is 2.22. The quantitative estimate of drug-likeness (QED) is 0.825. The van der Waals surface area contributed by atoms with Gasteiger partial charge in [-0.1, -0.05) is 6.07 Å². The number of amides is 1. The zero-order chi connectivity index (χ0) is 12.0.